The van der Waals surface area contributed by atoms with Gasteiger partial charge in [0.25, 0.3) is 0 Å². The van der Waals surface area contributed by atoms with Gasteiger partial charge in [0.15, 0.2) is 0 Å². The Bertz CT molecular complexity index is 560. The Kier molecular flexibility index (Phi) is 5.59. The fourth-order valence-electron chi connectivity index (χ4n) is 1.39. The molecule has 0 spiro atoms. The van der Waals surface area contributed by atoms with Crippen molar-refractivity contribution in [2.24, 2.45) is 0 Å². The highest BCUT2D eigenvalue weighted by molar-refractivity contribution is 7.89. The van der Waals surface area contributed by atoms with Crippen molar-refractivity contribution in [2.75, 3.05) is 18.8 Å². The van der Waals surface area contributed by atoms with Crippen molar-refractivity contribution in [1.29, 1.82) is 0 Å². The number of carbonyl (C=O) groups excluding carboxylic acids is 1. The number of rotatable bonds is 6. The van der Waals surface area contributed by atoms with Crippen LogP contribution >= 0.6 is 11.6 Å². The minimum absolute atomic E-state index is 0.000700. The Morgan fingerprint density at radius 1 is 1.42 bits per heavy atom. The number of nitrogens with one attached hydrogen (secondary N) is 2. The molecule has 0 unspecified atom stereocenters. The predicted octanol–water partition coefficient (Wildman–Crippen LogP) is 0.727. The van der Waals surface area contributed by atoms with Gasteiger partial charge in [0.2, 0.25) is 15.9 Å². The number of benzene rings is 1. The highest BCUT2D eigenvalue weighted by atomic mass is 35.5. The minimum Gasteiger partial charge on any atom is -0.399 e. The van der Waals surface area contributed by atoms with Crippen LogP contribution in [0.3, 0.4) is 0 Å². The first kappa shape index (κ1) is 15.7. The van der Waals surface area contributed by atoms with Gasteiger partial charge in [0.1, 0.15) is 4.90 Å². The number of amides is 1. The zero-order valence-corrected chi connectivity index (χ0v) is 12.0. The van der Waals surface area contributed by atoms with Crippen LogP contribution in [0.15, 0.2) is 23.1 Å². The van der Waals surface area contributed by atoms with Crippen molar-refractivity contribution in [2.45, 2.75) is 18.2 Å². The molecule has 106 valence electrons. The van der Waals surface area contributed by atoms with Crippen LogP contribution in [0, 0.1) is 0 Å². The summed E-state index contributed by atoms with van der Waals surface area (Å²) in [6.07, 6.45) is 0.0625. The molecule has 0 radical (unpaired) electrons. The molecule has 0 saturated heterocycles. The van der Waals surface area contributed by atoms with E-state index in [0.29, 0.717) is 12.2 Å². The lowest BCUT2D eigenvalue weighted by molar-refractivity contribution is -0.120. The average Bonchev–Trinajstić information content (AvgIpc) is 2.32. The van der Waals surface area contributed by atoms with Crippen LogP contribution in [0.25, 0.3) is 0 Å². The third kappa shape index (κ3) is 4.70. The number of hydrogen-bond donors (Lipinski definition) is 3. The summed E-state index contributed by atoms with van der Waals surface area (Å²) in [7, 11) is -3.77. The number of hydrogen-bond acceptors (Lipinski definition) is 4. The topological polar surface area (TPSA) is 101 Å². The second-order valence-corrected chi connectivity index (χ2v) is 5.93. The number of nitrogen functional groups attached to an aromatic ring is 1. The largest absolute Gasteiger partial charge is 0.399 e. The summed E-state index contributed by atoms with van der Waals surface area (Å²) in [5.41, 5.74) is 5.83. The Morgan fingerprint density at radius 3 is 2.74 bits per heavy atom. The van der Waals surface area contributed by atoms with Crippen LogP contribution in [0.4, 0.5) is 5.69 Å². The van der Waals surface area contributed by atoms with E-state index in [-0.39, 0.29) is 28.8 Å². The highest BCUT2D eigenvalue weighted by Gasteiger charge is 2.18. The predicted molar refractivity (Wildman–Crippen MR) is 74.4 cm³/mol. The minimum atomic E-state index is -3.77. The molecule has 0 fully saturated rings. The summed E-state index contributed by atoms with van der Waals surface area (Å²) in [6, 6.07) is 4.20. The maximum absolute atomic E-state index is 12.0. The fourth-order valence-corrected chi connectivity index (χ4v) is 2.95. The molecule has 0 aliphatic carbocycles. The number of sulfonamides is 1. The third-order valence-corrected chi connectivity index (χ3v) is 4.21. The van der Waals surface area contributed by atoms with Crippen LogP contribution in [0.5, 0.6) is 0 Å². The van der Waals surface area contributed by atoms with E-state index >= 15 is 0 Å². The van der Waals surface area contributed by atoms with Crippen LogP contribution in [-0.4, -0.2) is 27.4 Å². The third-order valence-electron chi connectivity index (χ3n) is 2.26. The number of nitrogens with two attached hydrogens (primary N) is 1. The first-order valence-corrected chi connectivity index (χ1v) is 7.54. The summed E-state index contributed by atoms with van der Waals surface area (Å²) < 4.78 is 26.2. The quantitative estimate of drug-likeness (QED) is 0.674. The molecular formula is C11H16ClN3O3S. The molecule has 0 aliphatic heterocycles. The number of halogens is 1. The van der Waals surface area contributed by atoms with Gasteiger partial charge in [-0.1, -0.05) is 11.6 Å². The molecule has 0 aromatic heterocycles. The normalized spacial score (nSPS) is 11.3. The first-order chi connectivity index (χ1) is 8.86. The van der Waals surface area contributed by atoms with Gasteiger partial charge >= 0.3 is 0 Å². The molecule has 1 rings (SSSR count). The van der Waals surface area contributed by atoms with Gasteiger partial charge in [-0.15, -0.1) is 0 Å². The van der Waals surface area contributed by atoms with Crippen molar-refractivity contribution in [3.8, 4) is 0 Å². The van der Waals surface area contributed by atoms with Gasteiger partial charge < -0.3 is 11.1 Å². The van der Waals surface area contributed by atoms with E-state index < -0.39 is 10.0 Å². The molecule has 0 atom stereocenters. The maximum atomic E-state index is 12.0. The van der Waals surface area contributed by atoms with Crippen molar-refractivity contribution in [1.82, 2.24) is 10.0 Å². The second kappa shape index (κ2) is 6.74. The molecule has 0 bridgehead atoms. The molecule has 8 heteroatoms. The summed E-state index contributed by atoms with van der Waals surface area (Å²) >= 11 is 5.82. The second-order valence-electron chi connectivity index (χ2n) is 3.79. The molecule has 19 heavy (non-hydrogen) atoms. The van der Waals surface area contributed by atoms with Crippen LogP contribution in [0.1, 0.15) is 13.3 Å². The van der Waals surface area contributed by atoms with Gasteiger partial charge in [-0.05, 0) is 25.1 Å². The van der Waals surface area contributed by atoms with Crippen LogP contribution < -0.4 is 15.8 Å². The molecule has 1 amide bonds. The molecule has 0 saturated carbocycles. The monoisotopic (exact) mass is 305 g/mol. The zero-order chi connectivity index (χ0) is 14.5. The van der Waals surface area contributed by atoms with Crippen LogP contribution in [0.2, 0.25) is 5.02 Å². The summed E-state index contributed by atoms with van der Waals surface area (Å²) in [5.74, 6) is -0.219. The van der Waals surface area contributed by atoms with Gasteiger partial charge in [-0.25, -0.2) is 13.1 Å². The molecule has 1 aromatic carbocycles. The lowest BCUT2D eigenvalue weighted by Crippen LogP contribution is -2.30. The van der Waals surface area contributed by atoms with E-state index in [1.807, 2.05) is 0 Å². The van der Waals surface area contributed by atoms with Gasteiger partial charge in [-0.2, -0.15) is 0 Å². The van der Waals surface area contributed by atoms with Gasteiger partial charge in [0, 0.05) is 25.2 Å². The van der Waals surface area contributed by atoms with Crippen LogP contribution in [-0.2, 0) is 14.8 Å². The first-order valence-electron chi connectivity index (χ1n) is 5.68. The highest BCUT2D eigenvalue weighted by Crippen LogP contribution is 2.23. The van der Waals surface area contributed by atoms with Gasteiger partial charge in [-0.3, -0.25) is 4.79 Å². The van der Waals surface area contributed by atoms with E-state index in [9.17, 15) is 13.2 Å². The lowest BCUT2D eigenvalue weighted by atomic mass is 10.3. The Labute approximate surface area is 117 Å². The molecule has 0 heterocycles. The Hall–Kier alpha value is -1.31. The van der Waals surface area contributed by atoms with Crippen molar-refractivity contribution in [3.63, 3.8) is 0 Å². The SMILES string of the molecule is CCNC(=O)CCNS(=O)(=O)c1cc(N)ccc1Cl. The maximum Gasteiger partial charge on any atom is 0.242 e. The average molecular weight is 306 g/mol. The van der Waals surface area contributed by atoms with E-state index in [4.69, 9.17) is 17.3 Å². The lowest BCUT2D eigenvalue weighted by Gasteiger charge is -2.09. The standard InChI is InChI=1S/C11H16ClN3O3S/c1-2-14-11(16)5-6-15-19(17,18)10-7-8(13)3-4-9(10)12/h3-4,7,15H,2,5-6,13H2,1H3,(H,14,16). The van der Waals surface area contributed by atoms with Crippen molar-refractivity contribution >= 4 is 33.2 Å². The summed E-state index contributed by atoms with van der Waals surface area (Å²) in [4.78, 5) is 11.1. The Balaban J connectivity index is 2.71. The van der Waals surface area contributed by atoms with E-state index in [0.717, 1.165) is 0 Å². The van der Waals surface area contributed by atoms with E-state index in [1.54, 1.807) is 6.92 Å². The smallest absolute Gasteiger partial charge is 0.242 e. The molecule has 6 nitrogen and oxygen atoms in total. The zero-order valence-electron chi connectivity index (χ0n) is 10.4. The molecule has 1 aromatic rings. The molecule has 4 N–H and O–H groups in total. The molecular weight excluding hydrogens is 290 g/mol. The number of anilines is 1. The number of carbonyl (C=O) groups is 1. The van der Waals surface area contributed by atoms with E-state index in [2.05, 4.69) is 10.0 Å². The van der Waals surface area contributed by atoms with Gasteiger partial charge in [0.05, 0.1) is 5.02 Å². The Morgan fingerprint density at radius 2 is 2.11 bits per heavy atom. The summed E-state index contributed by atoms with van der Waals surface area (Å²) in [5, 5.41) is 2.66. The van der Waals surface area contributed by atoms with Crippen molar-refractivity contribution in [3.05, 3.63) is 23.2 Å². The summed E-state index contributed by atoms with van der Waals surface area (Å²) in [6.45, 7) is 2.29. The van der Waals surface area contributed by atoms with Crippen molar-refractivity contribution < 1.29 is 13.2 Å². The van der Waals surface area contributed by atoms with E-state index in [1.165, 1.54) is 18.2 Å². The molecule has 0 aliphatic rings. The fraction of sp³-hybridized carbons (Fsp3) is 0.364.